The third-order valence-corrected chi connectivity index (χ3v) is 3.73. The summed E-state index contributed by atoms with van der Waals surface area (Å²) in [5.41, 5.74) is 1.42. The number of hydrogen-bond acceptors (Lipinski definition) is 1. The van der Waals surface area contributed by atoms with Gasteiger partial charge in [0.05, 0.1) is 19.7 Å². The van der Waals surface area contributed by atoms with Crippen LogP contribution in [0.4, 0.5) is 0 Å². The van der Waals surface area contributed by atoms with Gasteiger partial charge in [0.15, 0.2) is 0 Å². The molecule has 0 radical (unpaired) electrons. The van der Waals surface area contributed by atoms with Gasteiger partial charge in [-0.05, 0) is 13.8 Å². The van der Waals surface area contributed by atoms with Crippen molar-refractivity contribution in [2.75, 3.05) is 0 Å². The highest BCUT2D eigenvalue weighted by molar-refractivity contribution is 6.78. The third-order valence-electron chi connectivity index (χ3n) is 1.57. The van der Waals surface area contributed by atoms with Crippen molar-refractivity contribution < 1.29 is 0 Å². The summed E-state index contributed by atoms with van der Waals surface area (Å²) in [6, 6.07) is 2.36. The van der Waals surface area contributed by atoms with Crippen LogP contribution < -0.4 is 0 Å². The van der Waals surface area contributed by atoms with E-state index in [0.29, 0.717) is 0 Å². The van der Waals surface area contributed by atoms with E-state index in [9.17, 15) is 0 Å². The van der Waals surface area contributed by atoms with Crippen molar-refractivity contribution in [2.24, 2.45) is 0 Å². The van der Waals surface area contributed by atoms with Crippen molar-refractivity contribution in [1.29, 1.82) is 5.26 Å². The Morgan fingerprint density at radius 3 is 1.91 bits per heavy atom. The summed E-state index contributed by atoms with van der Waals surface area (Å²) in [7, 11) is -1.29. The molecule has 0 amide bonds. The van der Waals surface area contributed by atoms with Gasteiger partial charge in [0.25, 0.3) is 0 Å². The van der Waals surface area contributed by atoms with Crippen molar-refractivity contribution >= 4 is 8.07 Å². The Morgan fingerprint density at radius 1 is 1.36 bits per heavy atom. The second-order valence-electron chi connectivity index (χ2n) is 4.22. The van der Waals surface area contributed by atoms with Crippen molar-refractivity contribution in [3.05, 3.63) is 11.6 Å². The van der Waals surface area contributed by atoms with E-state index in [0.717, 1.165) is 0 Å². The van der Waals surface area contributed by atoms with Gasteiger partial charge in [-0.25, -0.2) is 0 Å². The van der Waals surface area contributed by atoms with Crippen LogP contribution >= 0.6 is 0 Å². The first-order valence-electron chi connectivity index (χ1n) is 3.92. The summed E-state index contributed by atoms with van der Waals surface area (Å²) in [6.07, 6.45) is 2.09. The van der Waals surface area contributed by atoms with Crippen molar-refractivity contribution in [1.82, 2.24) is 0 Å². The van der Waals surface area contributed by atoms with Crippen LogP contribution in [-0.2, 0) is 0 Å². The molecule has 1 unspecified atom stereocenters. The maximum absolute atomic E-state index is 8.85. The lowest BCUT2D eigenvalue weighted by molar-refractivity contribution is 1.21. The minimum absolute atomic E-state index is 0.174. The predicted octanol–water partition coefficient (Wildman–Crippen LogP) is 3.18. The Hall–Kier alpha value is -0.553. The van der Waals surface area contributed by atoms with Crippen molar-refractivity contribution in [3.63, 3.8) is 0 Å². The second-order valence-corrected chi connectivity index (χ2v) is 9.57. The molecule has 0 aromatic heterocycles. The van der Waals surface area contributed by atoms with Crippen molar-refractivity contribution in [2.45, 2.75) is 39.0 Å². The molecule has 0 spiro atoms. The molecular weight excluding hydrogens is 150 g/mol. The lowest BCUT2D eigenvalue weighted by Crippen LogP contribution is -2.25. The van der Waals surface area contributed by atoms with Crippen molar-refractivity contribution in [3.8, 4) is 6.07 Å². The van der Waals surface area contributed by atoms with Gasteiger partial charge in [0.1, 0.15) is 0 Å². The van der Waals surface area contributed by atoms with Crippen LogP contribution in [0.25, 0.3) is 0 Å². The van der Waals surface area contributed by atoms with Gasteiger partial charge in [-0.3, -0.25) is 0 Å². The Labute approximate surface area is 70.7 Å². The standard InChI is InChI=1S/C9H17NSi/c1-8(2)6-9(7-10)11(3,4)5/h6,9H,1-5H3. The summed E-state index contributed by atoms with van der Waals surface area (Å²) in [6.45, 7) is 10.8. The fourth-order valence-electron chi connectivity index (χ4n) is 0.814. The average Bonchev–Trinajstić information content (AvgIpc) is 1.79. The van der Waals surface area contributed by atoms with Crippen LogP contribution in [0.1, 0.15) is 13.8 Å². The van der Waals surface area contributed by atoms with Gasteiger partial charge >= 0.3 is 0 Å². The van der Waals surface area contributed by atoms with Crippen LogP contribution in [0, 0.1) is 11.3 Å². The zero-order chi connectivity index (χ0) is 9.07. The minimum atomic E-state index is -1.29. The minimum Gasteiger partial charge on any atom is -0.198 e. The first-order chi connectivity index (χ1) is 4.88. The molecule has 1 atom stereocenters. The topological polar surface area (TPSA) is 23.8 Å². The highest BCUT2D eigenvalue weighted by atomic mass is 28.3. The highest BCUT2D eigenvalue weighted by Crippen LogP contribution is 2.23. The van der Waals surface area contributed by atoms with Gasteiger partial charge < -0.3 is 0 Å². The number of allylic oxidation sites excluding steroid dienone is 2. The van der Waals surface area contributed by atoms with Crippen LogP contribution in [0.3, 0.4) is 0 Å². The predicted molar refractivity (Wildman–Crippen MR) is 52.1 cm³/mol. The molecule has 0 aliphatic rings. The second kappa shape index (κ2) is 3.73. The molecule has 0 saturated heterocycles. The van der Waals surface area contributed by atoms with E-state index in [2.05, 4.69) is 31.8 Å². The van der Waals surface area contributed by atoms with E-state index in [1.54, 1.807) is 0 Å². The molecule has 2 heteroatoms. The summed E-state index contributed by atoms with van der Waals surface area (Å²) in [4.78, 5) is 0. The van der Waals surface area contributed by atoms with Crippen LogP contribution in [0.15, 0.2) is 11.6 Å². The summed E-state index contributed by atoms with van der Waals surface area (Å²) in [5.74, 6) is 0. The molecule has 1 nitrogen and oxygen atoms in total. The zero-order valence-electron chi connectivity index (χ0n) is 8.10. The molecule has 0 aromatic carbocycles. The molecule has 0 heterocycles. The lowest BCUT2D eigenvalue weighted by Gasteiger charge is -2.19. The monoisotopic (exact) mass is 167 g/mol. The molecule has 0 aliphatic carbocycles. The Bertz CT molecular complexity index is 189. The lowest BCUT2D eigenvalue weighted by atomic mass is 10.3. The number of nitrogens with zero attached hydrogens (tertiary/aromatic N) is 1. The maximum atomic E-state index is 8.85. The van der Waals surface area contributed by atoms with E-state index in [4.69, 9.17) is 5.26 Å². The van der Waals surface area contributed by atoms with Gasteiger partial charge in [0.2, 0.25) is 0 Å². The van der Waals surface area contributed by atoms with Gasteiger partial charge in [0, 0.05) is 0 Å². The Balaban J connectivity index is 4.47. The zero-order valence-corrected chi connectivity index (χ0v) is 9.10. The molecule has 0 aromatic rings. The normalized spacial score (nSPS) is 13.5. The first kappa shape index (κ1) is 10.4. The van der Waals surface area contributed by atoms with E-state index in [1.807, 2.05) is 13.8 Å². The van der Waals surface area contributed by atoms with Crippen LogP contribution in [0.2, 0.25) is 25.2 Å². The fraction of sp³-hybridized carbons (Fsp3) is 0.667. The quantitative estimate of drug-likeness (QED) is 0.458. The van der Waals surface area contributed by atoms with E-state index in [1.165, 1.54) is 5.57 Å². The van der Waals surface area contributed by atoms with Crippen LogP contribution in [-0.4, -0.2) is 8.07 Å². The van der Waals surface area contributed by atoms with E-state index >= 15 is 0 Å². The number of hydrogen-bond donors (Lipinski definition) is 0. The molecule has 0 bridgehead atoms. The molecule has 62 valence electrons. The molecular formula is C9H17NSi. The molecule has 11 heavy (non-hydrogen) atoms. The number of rotatable bonds is 2. The fourth-order valence-corrected chi connectivity index (χ4v) is 2.03. The van der Waals surface area contributed by atoms with Gasteiger partial charge in [-0.15, -0.1) is 0 Å². The maximum Gasteiger partial charge on any atom is 0.0688 e. The smallest absolute Gasteiger partial charge is 0.0688 e. The number of nitriles is 1. The Morgan fingerprint density at radius 2 is 1.82 bits per heavy atom. The third kappa shape index (κ3) is 4.00. The first-order valence-corrected chi connectivity index (χ1v) is 7.50. The Kier molecular flexibility index (Phi) is 3.54. The molecule has 0 fully saturated rings. The van der Waals surface area contributed by atoms with Gasteiger partial charge in [-0.1, -0.05) is 31.3 Å². The van der Waals surface area contributed by atoms with E-state index < -0.39 is 8.07 Å². The molecule has 0 N–H and O–H groups in total. The summed E-state index contributed by atoms with van der Waals surface area (Å²) < 4.78 is 0. The summed E-state index contributed by atoms with van der Waals surface area (Å²) in [5, 5.41) is 8.85. The average molecular weight is 167 g/mol. The van der Waals surface area contributed by atoms with E-state index in [-0.39, 0.29) is 5.54 Å². The van der Waals surface area contributed by atoms with Gasteiger partial charge in [-0.2, -0.15) is 5.26 Å². The summed E-state index contributed by atoms with van der Waals surface area (Å²) >= 11 is 0. The highest BCUT2D eigenvalue weighted by Gasteiger charge is 2.23. The largest absolute Gasteiger partial charge is 0.198 e. The molecule has 0 aliphatic heterocycles. The SMILES string of the molecule is CC(C)=CC(C#N)[Si](C)(C)C. The molecule has 0 rings (SSSR count). The molecule has 0 saturated carbocycles. The van der Waals surface area contributed by atoms with Crippen LogP contribution in [0.5, 0.6) is 0 Å².